The van der Waals surface area contributed by atoms with Gasteiger partial charge < -0.3 is 19.3 Å². The van der Waals surface area contributed by atoms with Gasteiger partial charge in [-0.05, 0) is 18.1 Å². The van der Waals surface area contributed by atoms with Crippen molar-refractivity contribution >= 4 is 30.1 Å². The summed E-state index contributed by atoms with van der Waals surface area (Å²) in [5.74, 6) is 1.71. The fourth-order valence-electron chi connectivity index (χ4n) is 3.25. The molecular weight excluding hydrogens is 382 g/mol. The lowest BCUT2D eigenvalue weighted by atomic mass is 10.1. The second-order valence-corrected chi connectivity index (χ2v) is 7.13. The molecule has 0 saturated carbocycles. The van der Waals surface area contributed by atoms with Gasteiger partial charge in [0, 0.05) is 26.2 Å². The third-order valence-electron chi connectivity index (χ3n) is 4.83. The van der Waals surface area contributed by atoms with Crippen molar-refractivity contribution in [2.24, 2.45) is 5.10 Å². The van der Waals surface area contributed by atoms with Gasteiger partial charge in [0.15, 0.2) is 0 Å². The Bertz CT molecular complexity index is 840. The SMILES string of the molecule is CC(/C=N\Nc1nc(N2CCOCC2)nc(N2CCOCC2)n1)=C/c1ccccc1. The highest BCUT2D eigenvalue weighted by atomic mass is 16.5. The fraction of sp³-hybridized carbons (Fsp3) is 0.429. The lowest BCUT2D eigenvalue weighted by molar-refractivity contribution is 0.121. The number of nitrogens with one attached hydrogen (secondary N) is 1. The van der Waals surface area contributed by atoms with Gasteiger partial charge in [0.1, 0.15) is 0 Å². The van der Waals surface area contributed by atoms with Crippen LogP contribution >= 0.6 is 0 Å². The minimum Gasteiger partial charge on any atom is -0.378 e. The van der Waals surface area contributed by atoms with E-state index in [9.17, 15) is 0 Å². The van der Waals surface area contributed by atoms with Crippen LogP contribution in [0.25, 0.3) is 6.08 Å². The van der Waals surface area contributed by atoms with Crippen molar-refractivity contribution in [1.82, 2.24) is 15.0 Å². The van der Waals surface area contributed by atoms with Gasteiger partial charge in [-0.2, -0.15) is 20.1 Å². The lowest BCUT2D eigenvalue weighted by Crippen LogP contribution is -2.40. The molecule has 2 aromatic rings. The monoisotopic (exact) mass is 409 g/mol. The summed E-state index contributed by atoms with van der Waals surface area (Å²) < 4.78 is 10.9. The summed E-state index contributed by atoms with van der Waals surface area (Å²) in [7, 11) is 0. The van der Waals surface area contributed by atoms with Crippen LogP contribution in [0.15, 0.2) is 41.0 Å². The van der Waals surface area contributed by atoms with Crippen molar-refractivity contribution in [1.29, 1.82) is 0 Å². The van der Waals surface area contributed by atoms with Crippen LogP contribution in [0.4, 0.5) is 17.8 Å². The minimum atomic E-state index is 0.428. The number of hydrogen-bond acceptors (Lipinski definition) is 9. The van der Waals surface area contributed by atoms with E-state index in [-0.39, 0.29) is 0 Å². The van der Waals surface area contributed by atoms with Gasteiger partial charge >= 0.3 is 0 Å². The second-order valence-electron chi connectivity index (χ2n) is 7.13. The summed E-state index contributed by atoms with van der Waals surface area (Å²) in [5, 5.41) is 4.33. The number of aromatic nitrogens is 3. The zero-order chi connectivity index (χ0) is 20.6. The number of benzene rings is 1. The number of rotatable bonds is 6. The van der Waals surface area contributed by atoms with E-state index in [2.05, 4.69) is 48.5 Å². The summed E-state index contributed by atoms with van der Waals surface area (Å²) in [6, 6.07) is 10.1. The molecule has 2 fully saturated rings. The molecule has 0 atom stereocenters. The molecule has 1 aromatic heterocycles. The molecule has 0 unspecified atom stereocenters. The third-order valence-corrected chi connectivity index (χ3v) is 4.83. The molecule has 1 aromatic carbocycles. The molecule has 2 aliphatic rings. The molecule has 1 N–H and O–H groups in total. The molecule has 4 rings (SSSR count). The van der Waals surface area contributed by atoms with E-state index in [4.69, 9.17) is 14.5 Å². The molecular formula is C21H27N7O2. The Kier molecular flexibility index (Phi) is 6.83. The maximum absolute atomic E-state index is 5.45. The van der Waals surface area contributed by atoms with Gasteiger partial charge in [-0.1, -0.05) is 36.4 Å². The highest BCUT2D eigenvalue weighted by Gasteiger charge is 2.20. The van der Waals surface area contributed by atoms with Crippen LogP contribution in [0.3, 0.4) is 0 Å². The summed E-state index contributed by atoms with van der Waals surface area (Å²) in [6.45, 7) is 7.71. The number of anilines is 3. The Morgan fingerprint density at radius 2 is 1.47 bits per heavy atom. The summed E-state index contributed by atoms with van der Waals surface area (Å²) >= 11 is 0. The van der Waals surface area contributed by atoms with Crippen LogP contribution in [0, 0.1) is 0 Å². The Morgan fingerprint density at radius 3 is 2.03 bits per heavy atom. The molecule has 158 valence electrons. The Hall–Kier alpha value is -3.04. The smallest absolute Gasteiger partial charge is 0.250 e. The van der Waals surface area contributed by atoms with Gasteiger partial charge in [-0.25, -0.2) is 5.43 Å². The predicted octanol–water partition coefficient (Wildman–Crippen LogP) is 2.05. The topological polar surface area (TPSA) is 88.0 Å². The highest BCUT2D eigenvalue weighted by Crippen LogP contribution is 2.18. The zero-order valence-electron chi connectivity index (χ0n) is 17.2. The molecule has 2 saturated heterocycles. The van der Waals surface area contributed by atoms with Crippen molar-refractivity contribution < 1.29 is 9.47 Å². The minimum absolute atomic E-state index is 0.428. The number of hydrazone groups is 1. The summed E-state index contributed by atoms with van der Waals surface area (Å²) in [4.78, 5) is 18.1. The van der Waals surface area contributed by atoms with E-state index >= 15 is 0 Å². The van der Waals surface area contributed by atoms with Crippen molar-refractivity contribution in [3.8, 4) is 0 Å². The lowest BCUT2D eigenvalue weighted by Gasteiger charge is -2.30. The largest absolute Gasteiger partial charge is 0.378 e. The van der Waals surface area contributed by atoms with Crippen LogP contribution in [0.5, 0.6) is 0 Å². The fourth-order valence-corrected chi connectivity index (χ4v) is 3.25. The van der Waals surface area contributed by atoms with Crippen LogP contribution in [0.2, 0.25) is 0 Å². The number of morpholine rings is 2. The molecule has 0 spiro atoms. The molecule has 0 bridgehead atoms. The van der Waals surface area contributed by atoms with Gasteiger partial charge in [0.25, 0.3) is 0 Å². The Balaban J connectivity index is 1.51. The second kappa shape index (κ2) is 10.1. The van der Waals surface area contributed by atoms with Crippen LogP contribution in [0.1, 0.15) is 12.5 Å². The van der Waals surface area contributed by atoms with Gasteiger partial charge in [-0.3, -0.25) is 0 Å². The van der Waals surface area contributed by atoms with Crippen LogP contribution in [-0.4, -0.2) is 73.8 Å². The molecule has 0 amide bonds. The van der Waals surface area contributed by atoms with E-state index in [0.29, 0.717) is 44.3 Å². The quantitative estimate of drug-likeness (QED) is 0.573. The van der Waals surface area contributed by atoms with E-state index in [1.807, 2.05) is 25.1 Å². The first-order chi connectivity index (χ1) is 14.8. The molecule has 30 heavy (non-hydrogen) atoms. The van der Waals surface area contributed by atoms with Crippen molar-refractivity contribution in [3.05, 3.63) is 41.5 Å². The van der Waals surface area contributed by atoms with Crippen molar-refractivity contribution in [2.45, 2.75) is 6.92 Å². The average Bonchev–Trinajstić information content (AvgIpc) is 2.81. The Morgan fingerprint density at radius 1 is 0.900 bits per heavy atom. The number of nitrogens with zero attached hydrogens (tertiary/aromatic N) is 6. The number of allylic oxidation sites excluding steroid dienone is 1. The third kappa shape index (κ3) is 5.52. The van der Waals surface area contributed by atoms with E-state index < -0.39 is 0 Å². The molecule has 3 heterocycles. The predicted molar refractivity (Wildman–Crippen MR) is 118 cm³/mol. The molecule has 9 heteroatoms. The summed E-state index contributed by atoms with van der Waals surface area (Å²) in [5.41, 5.74) is 5.12. The first kappa shape index (κ1) is 20.2. The molecule has 0 radical (unpaired) electrons. The first-order valence-corrected chi connectivity index (χ1v) is 10.2. The average molecular weight is 409 g/mol. The van der Waals surface area contributed by atoms with Gasteiger partial charge in [0.2, 0.25) is 17.8 Å². The number of hydrogen-bond donors (Lipinski definition) is 1. The maximum atomic E-state index is 5.45. The Labute approximate surface area is 176 Å². The molecule has 0 aliphatic carbocycles. The van der Waals surface area contributed by atoms with Gasteiger partial charge in [-0.15, -0.1) is 0 Å². The molecule has 9 nitrogen and oxygen atoms in total. The standard InChI is InChI=1S/C21H27N7O2/c1-17(15-18-5-3-2-4-6-18)16-22-26-19-23-20(27-7-11-29-12-8-27)25-21(24-19)28-9-13-30-14-10-28/h2-6,15-16H,7-14H2,1H3,(H,23,24,25,26)/b17-15-,22-16-. The number of ether oxygens (including phenoxy) is 2. The van der Waals surface area contributed by atoms with Crippen molar-refractivity contribution in [2.75, 3.05) is 67.8 Å². The van der Waals surface area contributed by atoms with E-state index in [0.717, 1.165) is 37.3 Å². The first-order valence-electron chi connectivity index (χ1n) is 10.2. The van der Waals surface area contributed by atoms with Crippen LogP contribution < -0.4 is 15.2 Å². The highest BCUT2D eigenvalue weighted by molar-refractivity contribution is 5.85. The maximum Gasteiger partial charge on any atom is 0.250 e. The van der Waals surface area contributed by atoms with E-state index in [1.165, 1.54) is 0 Å². The summed E-state index contributed by atoms with van der Waals surface area (Å²) in [6.07, 6.45) is 3.83. The normalized spacial score (nSPS) is 18.1. The van der Waals surface area contributed by atoms with E-state index in [1.54, 1.807) is 6.21 Å². The zero-order valence-corrected chi connectivity index (χ0v) is 17.2. The molecule has 2 aliphatic heterocycles. The van der Waals surface area contributed by atoms with Gasteiger partial charge in [0.05, 0.1) is 32.6 Å². The van der Waals surface area contributed by atoms with Crippen LogP contribution in [-0.2, 0) is 9.47 Å². The van der Waals surface area contributed by atoms with Crippen molar-refractivity contribution in [3.63, 3.8) is 0 Å².